The Kier molecular flexibility index (Phi) is 11.6. The summed E-state index contributed by atoms with van der Waals surface area (Å²) in [4.78, 5) is 53.0. The second kappa shape index (κ2) is 15.6. The predicted molar refractivity (Wildman–Crippen MR) is 164 cm³/mol. The number of hydrogen-bond donors (Lipinski definition) is 0. The van der Waals surface area contributed by atoms with Crippen molar-refractivity contribution < 1.29 is 61.8 Å². The summed E-state index contributed by atoms with van der Waals surface area (Å²) in [6.45, 7) is 4.15. The monoisotopic (exact) mass is 655 g/mol. The summed E-state index contributed by atoms with van der Waals surface area (Å²) in [6.07, 6.45) is -6.56. The molecule has 0 N–H and O–H groups in total. The van der Waals surface area contributed by atoms with Crippen LogP contribution in [0, 0.1) is 0 Å². The van der Waals surface area contributed by atoms with E-state index in [9.17, 15) is 19.2 Å². The molecule has 4 rings (SSSR count). The van der Waals surface area contributed by atoms with Gasteiger partial charge in [-0.05, 0) is 48.0 Å². The highest BCUT2D eigenvalue weighted by molar-refractivity contribution is 5.86. The first kappa shape index (κ1) is 34.9. The zero-order valence-corrected chi connectivity index (χ0v) is 27.1. The average Bonchev–Trinajstić information content (AvgIpc) is 3.03. The van der Waals surface area contributed by atoms with E-state index in [-0.39, 0.29) is 13.2 Å². The molecular weight excluding hydrogens is 618 g/mol. The summed E-state index contributed by atoms with van der Waals surface area (Å²) in [6, 6.07) is 12.6. The smallest absolute Gasteiger partial charge is 0.303 e. The maximum absolute atomic E-state index is 12.2. The SMILES string of the molecule is COc1ccc2nc(-c3ccc(OC)c(OC)c3)cc(CO[C@@H]3OC(COC(C)=O)[C@H](OC(C)=O)[C@H](OC(C)=O)C3OC(C)=O)c2c1. The number of nitrogens with zero attached hydrogens (tertiary/aromatic N) is 1. The minimum Gasteiger partial charge on any atom is -0.497 e. The topological polar surface area (TPSA) is 164 Å². The number of pyridine rings is 1. The number of aromatic nitrogens is 1. The number of ether oxygens (including phenoxy) is 9. The van der Waals surface area contributed by atoms with E-state index in [1.165, 1.54) is 14.0 Å². The summed E-state index contributed by atoms with van der Waals surface area (Å²) >= 11 is 0. The maximum atomic E-state index is 12.2. The number of carbonyl (C=O) groups is 4. The first-order valence-electron chi connectivity index (χ1n) is 14.6. The van der Waals surface area contributed by atoms with Crippen LogP contribution >= 0.6 is 0 Å². The van der Waals surface area contributed by atoms with Crippen molar-refractivity contribution in [1.29, 1.82) is 0 Å². The van der Waals surface area contributed by atoms with E-state index >= 15 is 0 Å². The van der Waals surface area contributed by atoms with Crippen LogP contribution in [0.5, 0.6) is 17.2 Å². The number of benzene rings is 2. The van der Waals surface area contributed by atoms with Gasteiger partial charge in [0.1, 0.15) is 18.5 Å². The Balaban J connectivity index is 1.77. The fraction of sp³-hybridized carbons (Fsp3) is 0.424. The highest BCUT2D eigenvalue weighted by Gasteiger charge is 2.52. The molecule has 0 spiro atoms. The van der Waals surface area contributed by atoms with Gasteiger partial charge in [0, 0.05) is 38.6 Å². The van der Waals surface area contributed by atoms with Crippen LogP contribution in [-0.4, -0.2) is 87.5 Å². The molecule has 5 atom stereocenters. The van der Waals surface area contributed by atoms with Crippen LogP contribution < -0.4 is 14.2 Å². The van der Waals surface area contributed by atoms with Crippen LogP contribution in [0.4, 0.5) is 0 Å². The Morgan fingerprint density at radius 3 is 2.00 bits per heavy atom. The van der Waals surface area contributed by atoms with E-state index in [0.29, 0.717) is 39.4 Å². The molecule has 0 bridgehead atoms. The van der Waals surface area contributed by atoms with E-state index in [1.807, 2.05) is 12.1 Å². The lowest BCUT2D eigenvalue weighted by atomic mass is 9.98. The van der Waals surface area contributed by atoms with E-state index in [2.05, 4.69) is 0 Å². The van der Waals surface area contributed by atoms with Gasteiger partial charge in [-0.3, -0.25) is 19.2 Å². The van der Waals surface area contributed by atoms with Crippen molar-refractivity contribution in [3.8, 4) is 28.5 Å². The van der Waals surface area contributed by atoms with Gasteiger partial charge in [0.05, 0.1) is 39.1 Å². The minimum absolute atomic E-state index is 0.125. The van der Waals surface area contributed by atoms with Crippen molar-refractivity contribution in [3.05, 3.63) is 48.0 Å². The predicted octanol–water partition coefficient (Wildman–Crippen LogP) is 3.53. The second-order valence-corrected chi connectivity index (χ2v) is 10.5. The van der Waals surface area contributed by atoms with E-state index in [4.69, 9.17) is 47.6 Å². The Hall–Kier alpha value is -4.95. The molecule has 1 aliphatic rings. The fourth-order valence-electron chi connectivity index (χ4n) is 5.16. The lowest BCUT2D eigenvalue weighted by Crippen LogP contribution is -2.62. The molecule has 2 unspecified atom stereocenters. The number of esters is 4. The molecule has 2 aromatic carbocycles. The first-order valence-corrected chi connectivity index (χ1v) is 14.6. The van der Waals surface area contributed by atoms with Gasteiger partial charge in [-0.15, -0.1) is 0 Å². The van der Waals surface area contributed by atoms with Crippen LogP contribution in [0.25, 0.3) is 22.2 Å². The molecule has 14 nitrogen and oxygen atoms in total. The molecule has 14 heteroatoms. The minimum atomic E-state index is -1.37. The van der Waals surface area contributed by atoms with Crippen molar-refractivity contribution in [2.75, 3.05) is 27.9 Å². The van der Waals surface area contributed by atoms with Crippen molar-refractivity contribution in [2.45, 2.75) is 65.0 Å². The molecule has 252 valence electrons. The Morgan fingerprint density at radius 1 is 0.723 bits per heavy atom. The van der Waals surface area contributed by atoms with Gasteiger partial charge >= 0.3 is 23.9 Å². The molecule has 1 fully saturated rings. The van der Waals surface area contributed by atoms with Crippen LogP contribution in [0.3, 0.4) is 0 Å². The van der Waals surface area contributed by atoms with Gasteiger partial charge in [0.25, 0.3) is 0 Å². The number of fused-ring (bicyclic) bond motifs is 1. The number of rotatable bonds is 12. The largest absolute Gasteiger partial charge is 0.497 e. The second-order valence-electron chi connectivity index (χ2n) is 10.5. The van der Waals surface area contributed by atoms with E-state index in [0.717, 1.165) is 26.3 Å². The third kappa shape index (κ3) is 8.65. The third-order valence-corrected chi connectivity index (χ3v) is 7.13. The lowest BCUT2D eigenvalue weighted by molar-refractivity contribution is -0.310. The van der Waals surface area contributed by atoms with Crippen molar-refractivity contribution in [1.82, 2.24) is 4.98 Å². The van der Waals surface area contributed by atoms with Gasteiger partial charge in [0.15, 0.2) is 36.1 Å². The van der Waals surface area contributed by atoms with Gasteiger partial charge in [-0.2, -0.15) is 0 Å². The molecule has 47 heavy (non-hydrogen) atoms. The van der Waals surface area contributed by atoms with Crippen LogP contribution in [0.1, 0.15) is 33.3 Å². The van der Waals surface area contributed by atoms with E-state index in [1.54, 1.807) is 44.6 Å². The van der Waals surface area contributed by atoms with Crippen molar-refractivity contribution in [3.63, 3.8) is 0 Å². The van der Waals surface area contributed by atoms with E-state index < -0.39 is 54.6 Å². The van der Waals surface area contributed by atoms with Crippen molar-refractivity contribution >= 4 is 34.8 Å². The number of methoxy groups -OCH3 is 3. The standard InChI is InChI=1S/C33H37NO13/c1-17(35)42-16-29-30(44-18(2)36)31(45-19(3)37)32(46-20(4)38)33(47-29)43-15-22-12-26(21-8-11-27(40-6)28(13-21)41-7)34-25-10-9-23(39-5)14-24(22)25/h8-14,29-33H,15-16H2,1-7H3/t29?,30-,31-,32?,33+/m0/s1. The summed E-state index contributed by atoms with van der Waals surface area (Å²) in [5.41, 5.74) is 2.59. The highest BCUT2D eigenvalue weighted by atomic mass is 16.7. The molecule has 0 radical (unpaired) electrons. The van der Waals surface area contributed by atoms with Crippen LogP contribution in [0.2, 0.25) is 0 Å². The summed E-state index contributed by atoms with van der Waals surface area (Å²) in [5.74, 6) is -1.21. The number of carbonyl (C=O) groups excluding carboxylic acids is 4. The molecule has 2 heterocycles. The van der Waals surface area contributed by atoms with Gasteiger partial charge in [-0.25, -0.2) is 4.98 Å². The molecule has 0 saturated carbocycles. The molecule has 0 amide bonds. The summed E-state index contributed by atoms with van der Waals surface area (Å²) in [7, 11) is 4.62. The average molecular weight is 656 g/mol. The van der Waals surface area contributed by atoms with Crippen molar-refractivity contribution in [2.24, 2.45) is 0 Å². The molecule has 3 aromatic rings. The Labute approximate surface area is 271 Å². The quantitative estimate of drug-likeness (QED) is 0.206. The Bertz CT molecular complexity index is 1620. The molecule has 1 saturated heterocycles. The normalized spacial score (nSPS) is 20.5. The number of hydrogen-bond acceptors (Lipinski definition) is 14. The maximum Gasteiger partial charge on any atom is 0.303 e. The zero-order valence-electron chi connectivity index (χ0n) is 27.1. The van der Waals surface area contributed by atoms with Crippen LogP contribution in [-0.2, 0) is 54.2 Å². The van der Waals surface area contributed by atoms with Gasteiger partial charge in [-0.1, -0.05) is 0 Å². The van der Waals surface area contributed by atoms with Crippen LogP contribution in [0.15, 0.2) is 42.5 Å². The zero-order chi connectivity index (χ0) is 34.2. The Morgan fingerprint density at radius 2 is 1.38 bits per heavy atom. The molecular formula is C33H37NO13. The molecule has 1 aliphatic heterocycles. The lowest BCUT2D eigenvalue weighted by Gasteiger charge is -2.44. The summed E-state index contributed by atoms with van der Waals surface area (Å²) < 4.78 is 50.3. The van der Waals surface area contributed by atoms with Gasteiger partial charge < -0.3 is 42.6 Å². The third-order valence-electron chi connectivity index (χ3n) is 7.13. The highest BCUT2D eigenvalue weighted by Crippen LogP contribution is 2.35. The molecule has 1 aromatic heterocycles. The fourth-order valence-corrected chi connectivity index (χ4v) is 5.16. The van der Waals surface area contributed by atoms with Gasteiger partial charge in [0.2, 0.25) is 0 Å². The molecule has 0 aliphatic carbocycles. The summed E-state index contributed by atoms with van der Waals surface area (Å²) in [5, 5.41) is 0.694. The first-order chi connectivity index (χ1) is 22.4.